The van der Waals surface area contributed by atoms with Gasteiger partial charge in [0.15, 0.2) is 0 Å². The van der Waals surface area contributed by atoms with Crippen LogP contribution in [0.2, 0.25) is 0 Å². The molecular weight excluding hydrogens is 594 g/mol. The van der Waals surface area contributed by atoms with E-state index in [0.717, 1.165) is 11.8 Å². The van der Waals surface area contributed by atoms with Crippen LogP contribution in [-0.4, -0.2) is 56.1 Å². The van der Waals surface area contributed by atoms with Crippen molar-refractivity contribution in [2.24, 2.45) is 5.16 Å². The van der Waals surface area contributed by atoms with Gasteiger partial charge in [-0.05, 0) is 27.7 Å². The molecule has 2 fully saturated rings. The number of amides is 1. The Balaban J connectivity index is 0.00000320. The van der Waals surface area contributed by atoms with Crippen LogP contribution in [0.1, 0.15) is 25.7 Å². The minimum Gasteiger partial charge on any atom is -0.453 e. The average Bonchev–Trinajstić information content (AvgIpc) is 2.73. The van der Waals surface area contributed by atoms with Crippen molar-refractivity contribution >= 4 is 28.2 Å². The summed E-state index contributed by atoms with van der Waals surface area (Å²) in [6.45, 7) is 1.92. The second-order valence-electron chi connectivity index (χ2n) is 6.88. The van der Waals surface area contributed by atoms with Gasteiger partial charge in [0.2, 0.25) is 0 Å². The number of rotatable bonds is 4. The van der Waals surface area contributed by atoms with Crippen molar-refractivity contribution in [1.82, 2.24) is 4.90 Å². The molecule has 1 aromatic rings. The fraction of sp³-hybridized carbons (Fsp3) is 0.556. The third-order valence-electron chi connectivity index (χ3n) is 5.07. The Labute approximate surface area is 188 Å². The van der Waals surface area contributed by atoms with Gasteiger partial charge in [-0.15, -0.1) is 0 Å². The van der Waals surface area contributed by atoms with E-state index in [1.165, 1.54) is 7.11 Å². The van der Waals surface area contributed by atoms with Gasteiger partial charge in [0.05, 0.1) is 18.5 Å². The van der Waals surface area contributed by atoms with Gasteiger partial charge in [-0.1, -0.05) is 5.16 Å². The molecule has 0 aromatic heterocycles. The normalized spacial score (nSPS) is 17.5. The third-order valence-corrected chi connectivity index (χ3v) is 5.74. The molecule has 0 aliphatic carbocycles. The maximum atomic E-state index is 14.2. The predicted octanol–water partition coefficient (Wildman–Crippen LogP) is 2.83. The predicted molar refractivity (Wildman–Crippen MR) is 100 cm³/mol. The number of carbonyl (C=O) groups is 1. The van der Waals surface area contributed by atoms with Crippen LogP contribution in [0, 0.1) is 11.6 Å². The molecule has 12 heteroatoms. The molecule has 2 aliphatic heterocycles. The monoisotopic (exact) mass is 617 g/mol. The second kappa shape index (κ2) is 11.0. The number of benzene rings is 1. The van der Waals surface area contributed by atoms with Gasteiger partial charge in [0.25, 0.3) is 0 Å². The number of piperidine rings is 2. The van der Waals surface area contributed by atoms with Gasteiger partial charge in [-0.2, -0.15) is 0 Å². The molecule has 2 aliphatic rings. The molecule has 0 atom stereocenters. The Hall–Kier alpha value is -1.77. The Morgan fingerprint density at radius 2 is 1.73 bits per heavy atom. The molecular formula is C18H22F2N3O5ReS-. The standard InChI is InChI=1S/C18H22F2N3O5S.Re/c1-27-18(24)23-8-4-13(5-9-23)28-21-12-2-6-22(7-3-12)16-10-15(20)17(29(25)26)11-14(16)19;/h10-11,13H,2-9H2,1H3;/q-1;. The van der Waals surface area contributed by atoms with Crippen LogP contribution >= 0.6 is 0 Å². The van der Waals surface area contributed by atoms with E-state index in [1.807, 2.05) is 0 Å². The zero-order chi connectivity index (χ0) is 21.0. The van der Waals surface area contributed by atoms with Crippen molar-refractivity contribution in [3.8, 4) is 0 Å². The van der Waals surface area contributed by atoms with E-state index in [2.05, 4.69) is 5.16 Å². The second-order valence-corrected chi connectivity index (χ2v) is 7.78. The van der Waals surface area contributed by atoms with Crippen LogP contribution in [-0.2, 0) is 49.1 Å². The summed E-state index contributed by atoms with van der Waals surface area (Å²) in [5, 5.41) is 4.21. The summed E-state index contributed by atoms with van der Waals surface area (Å²) in [5.74, 6) is -1.75. The Kier molecular flexibility index (Phi) is 9.00. The van der Waals surface area contributed by atoms with Gasteiger partial charge in [0, 0.05) is 72.3 Å². The zero-order valence-electron chi connectivity index (χ0n) is 16.3. The summed E-state index contributed by atoms with van der Waals surface area (Å²) in [4.78, 5) is 19.7. The molecule has 167 valence electrons. The summed E-state index contributed by atoms with van der Waals surface area (Å²) < 4.78 is 54.6. The summed E-state index contributed by atoms with van der Waals surface area (Å²) in [6, 6.07) is 1.61. The quantitative estimate of drug-likeness (QED) is 0.382. The molecule has 3 rings (SSSR count). The van der Waals surface area contributed by atoms with Crippen molar-refractivity contribution < 1.29 is 52.0 Å². The average molecular weight is 617 g/mol. The van der Waals surface area contributed by atoms with Gasteiger partial charge >= 0.3 is 6.09 Å². The number of anilines is 1. The van der Waals surface area contributed by atoms with Gasteiger partial charge in [0.1, 0.15) is 17.7 Å². The van der Waals surface area contributed by atoms with Gasteiger partial charge < -0.3 is 27.8 Å². The number of halogens is 2. The van der Waals surface area contributed by atoms with E-state index >= 15 is 0 Å². The fourth-order valence-electron chi connectivity index (χ4n) is 3.41. The van der Waals surface area contributed by atoms with Gasteiger partial charge in [-0.3, -0.25) is 0 Å². The maximum absolute atomic E-state index is 14.2. The van der Waals surface area contributed by atoms with Crippen molar-refractivity contribution in [3.05, 3.63) is 23.8 Å². The Morgan fingerprint density at radius 1 is 1.10 bits per heavy atom. The molecule has 1 radical (unpaired) electrons. The SMILES string of the molecule is COC(=O)N1CCC(ON=C2CCN(c3cc(F)c([S-](=O)=O)cc3F)CC2)CC1.[Re]. The van der Waals surface area contributed by atoms with Crippen LogP contribution in [0.15, 0.2) is 22.2 Å². The van der Waals surface area contributed by atoms with Crippen molar-refractivity contribution in [2.45, 2.75) is 36.7 Å². The van der Waals surface area contributed by atoms with Crippen molar-refractivity contribution in [3.63, 3.8) is 0 Å². The number of likely N-dealkylation sites (tertiary alicyclic amines) is 1. The number of ether oxygens (including phenoxy) is 1. The topological polar surface area (TPSA) is 88.5 Å². The van der Waals surface area contributed by atoms with E-state index in [1.54, 1.807) is 9.80 Å². The fourth-order valence-corrected chi connectivity index (χ4v) is 3.82. The number of hydrogen-bond donors (Lipinski definition) is 0. The van der Waals surface area contributed by atoms with Crippen LogP contribution in [0.5, 0.6) is 0 Å². The molecule has 0 unspecified atom stereocenters. The van der Waals surface area contributed by atoms with Crippen LogP contribution in [0.4, 0.5) is 19.3 Å². The molecule has 0 bridgehead atoms. The molecule has 1 aromatic carbocycles. The number of methoxy groups -OCH3 is 1. The van der Waals surface area contributed by atoms with Crippen LogP contribution < -0.4 is 4.90 Å². The molecule has 0 saturated carbocycles. The van der Waals surface area contributed by atoms with E-state index in [0.29, 0.717) is 57.9 Å². The van der Waals surface area contributed by atoms with Crippen molar-refractivity contribution in [1.29, 1.82) is 0 Å². The first kappa shape index (κ1) is 24.5. The summed E-state index contributed by atoms with van der Waals surface area (Å²) in [6.07, 6.45) is 1.95. The molecule has 0 spiro atoms. The molecule has 30 heavy (non-hydrogen) atoms. The van der Waals surface area contributed by atoms with Crippen LogP contribution in [0.3, 0.4) is 0 Å². The minimum atomic E-state index is -2.83. The van der Waals surface area contributed by atoms with Crippen molar-refractivity contribution in [2.75, 3.05) is 38.2 Å². The minimum absolute atomic E-state index is 0. The van der Waals surface area contributed by atoms with E-state index in [9.17, 15) is 22.0 Å². The summed E-state index contributed by atoms with van der Waals surface area (Å²) in [5.41, 5.74) is 0.863. The van der Waals surface area contributed by atoms with E-state index in [4.69, 9.17) is 9.57 Å². The van der Waals surface area contributed by atoms with Crippen LogP contribution in [0.25, 0.3) is 0 Å². The summed E-state index contributed by atoms with van der Waals surface area (Å²) in [7, 11) is -1.48. The molecule has 8 nitrogen and oxygen atoms in total. The molecule has 0 N–H and O–H groups in total. The van der Waals surface area contributed by atoms with E-state index in [-0.39, 0.29) is 38.3 Å². The molecule has 2 heterocycles. The summed E-state index contributed by atoms with van der Waals surface area (Å²) >= 11 is 0. The first-order valence-electron chi connectivity index (χ1n) is 9.26. The third kappa shape index (κ3) is 5.89. The first-order chi connectivity index (χ1) is 13.9. The Bertz CT molecular complexity index is 858. The van der Waals surface area contributed by atoms with Gasteiger partial charge in [-0.25, -0.2) is 13.6 Å². The number of carbonyl (C=O) groups excluding carboxylic acids is 1. The molecule has 1 amide bonds. The zero-order valence-corrected chi connectivity index (χ0v) is 19.8. The van der Waals surface area contributed by atoms with E-state index < -0.39 is 27.2 Å². The smallest absolute Gasteiger partial charge is 0.409 e. The number of nitrogens with zero attached hydrogens (tertiary/aromatic N) is 3. The molecule has 2 saturated heterocycles. The maximum Gasteiger partial charge on any atom is 0.409 e. The first-order valence-corrected chi connectivity index (χ1v) is 10.3. The Morgan fingerprint density at radius 3 is 2.30 bits per heavy atom. The largest absolute Gasteiger partial charge is 0.453 e. The number of hydrogen-bond acceptors (Lipinski definition) is 8. The number of oxime groups is 1.